The first-order chi connectivity index (χ1) is 8.61. The van der Waals surface area contributed by atoms with Gasteiger partial charge in [-0.2, -0.15) is 4.98 Å². The number of benzene rings is 1. The maximum atomic E-state index is 5.76. The van der Waals surface area contributed by atoms with Gasteiger partial charge < -0.3 is 11.1 Å². The van der Waals surface area contributed by atoms with Crippen molar-refractivity contribution >= 4 is 22.7 Å². The zero-order valence-electron chi connectivity index (χ0n) is 11.1. The molecule has 4 nitrogen and oxygen atoms in total. The van der Waals surface area contributed by atoms with E-state index in [2.05, 4.69) is 36.1 Å². The van der Waals surface area contributed by atoms with Gasteiger partial charge in [0.25, 0.3) is 0 Å². The van der Waals surface area contributed by atoms with E-state index in [4.69, 9.17) is 5.73 Å². The van der Waals surface area contributed by atoms with Gasteiger partial charge in [-0.1, -0.05) is 32.9 Å². The summed E-state index contributed by atoms with van der Waals surface area (Å²) in [5.74, 6) is 1.69. The van der Waals surface area contributed by atoms with Crippen molar-refractivity contribution < 1.29 is 0 Å². The zero-order valence-corrected chi connectivity index (χ0v) is 11.1. The molecule has 1 atom stereocenters. The van der Waals surface area contributed by atoms with Gasteiger partial charge in [0.05, 0.1) is 5.52 Å². The van der Waals surface area contributed by atoms with E-state index in [-0.39, 0.29) is 0 Å². The molecule has 0 fully saturated rings. The molecule has 0 bridgehead atoms. The molecule has 18 heavy (non-hydrogen) atoms. The lowest BCUT2D eigenvalue weighted by atomic mass is 10.0. The lowest BCUT2D eigenvalue weighted by molar-refractivity contribution is 0.510. The third-order valence-corrected chi connectivity index (χ3v) is 3.19. The molecule has 0 aliphatic rings. The van der Waals surface area contributed by atoms with Crippen molar-refractivity contribution in [3.05, 3.63) is 24.3 Å². The number of hydrogen-bond donors (Lipinski definition) is 2. The number of nitrogens with one attached hydrogen (secondary N) is 1. The molecule has 2 rings (SSSR count). The molecule has 1 aromatic carbocycles. The third kappa shape index (κ3) is 2.53. The van der Waals surface area contributed by atoms with Crippen LogP contribution >= 0.6 is 0 Å². The average molecular weight is 244 g/mol. The second kappa shape index (κ2) is 5.21. The van der Waals surface area contributed by atoms with Crippen LogP contribution in [-0.4, -0.2) is 16.0 Å². The van der Waals surface area contributed by atoms with Crippen molar-refractivity contribution in [1.29, 1.82) is 0 Å². The van der Waals surface area contributed by atoms with E-state index >= 15 is 0 Å². The second-order valence-electron chi connectivity index (χ2n) is 4.85. The van der Waals surface area contributed by atoms with Crippen LogP contribution < -0.4 is 11.1 Å². The van der Waals surface area contributed by atoms with Gasteiger partial charge in [0.15, 0.2) is 0 Å². The molecule has 3 N–H and O–H groups in total. The molecule has 2 aromatic rings. The van der Waals surface area contributed by atoms with Gasteiger partial charge in [0, 0.05) is 11.4 Å². The van der Waals surface area contributed by atoms with Crippen LogP contribution in [0.3, 0.4) is 0 Å². The van der Waals surface area contributed by atoms with E-state index in [0.29, 0.717) is 17.9 Å². The predicted molar refractivity (Wildman–Crippen MR) is 76.5 cm³/mol. The van der Waals surface area contributed by atoms with E-state index in [9.17, 15) is 0 Å². The summed E-state index contributed by atoms with van der Waals surface area (Å²) >= 11 is 0. The summed E-state index contributed by atoms with van der Waals surface area (Å²) in [6.07, 6.45) is 1.05. The Balaban J connectivity index is 2.43. The molecule has 0 amide bonds. The van der Waals surface area contributed by atoms with Crippen LogP contribution in [0, 0.1) is 5.92 Å². The molecule has 0 spiro atoms. The normalized spacial score (nSPS) is 12.9. The number of para-hydroxylation sites is 1. The molecule has 0 aliphatic heterocycles. The standard InChI is InChI=1S/C14H20N4/c1-4-11(9(2)3)16-13-10-7-5-6-8-12(10)17-14(15)18-13/h5-9,11H,4H2,1-3H3,(H3,15,16,17,18). The Labute approximate surface area is 108 Å². The number of nitrogen functional groups attached to an aromatic ring is 1. The van der Waals surface area contributed by atoms with Crippen molar-refractivity contribution in [3.8, 4) is 0 Å². The minimum Gasteiger partial charge on any atom is -0.368 e. The molecule has 1 unspecified atom stereocenters. The first-order valence-electron chi connectivity index (χ1n) is 6.40. The van der Waals surface area contributed by atoms with E-state index in [1.807, 2.05) is 24.3 Å². The zero-order chi connectivity index (χ0) is 13.1. The fraction of sp³-hybridized carbons (Fsp3) is 0.429. The highest BCUT2D eigenvalue weighted by atomic mass is 15.1. The fourth-order valence-corrected chi connectivity index (χ4v) is 2.12. The minimum atomic E-state index is 0.315. The van der Waals surface area contributed by atoms with E-state index in [1.165, 1.54) is 0 Å². The Hall–Kier alpha value is -1.84. The van der Waals surface area contributed by atoms with E-state index in [0.717, 1.165) is 23.1 Å². The average Bonchev–Trinajstić information content (AvgIpc) is 2.35. The molecular formula is C14H20N4. The molecule has 96 valence electrons. The number of anilines is 2. The highest BCUT2D eigenvalue weighted by Gasteiger charge is 2.13. The van der Waals surface area contributed by atoms with Crippen molar-refractivity contribution in [1.82, 2.24) is 9.97 Å². The smallest absolute Gasteiger partial charge is 0.222 e. The largest absolute Gasteiger partial charge is 0.368 e. The highest BCUT2D eigenvalue weighted by Crippen LogP contribution is 2.23. The quantitative estimate of drug-likeness (QED) is 0.867. The maximum absolute atomic E-state index is 5.76. The lowest BCUT2D eigenvalue weighted by Crippen LogP contribution is -2.25. The van der Waals surface area contributed by atoms with E-state index in [1.54, 1.807) is 0 Å². The number of hydrogen-bond acceptors (Lipinski definition) is 4. The van der Waals surface area contributed by atoms with Crippen LogP contribution in [0.5, 0.6) is 0 Å². The van der Waals surface area contributed by atoms with Crippen molar-refractivity contribution in [2.24, 2.45) is 5.92 Å². The van der Waals surface area contributed by atoms with Crippen LogP contribution in [0.1, 0.15) is 27.2 Å². The molecule has 0 aliphatic carbocycles. The van der Waals surface area contributed by atoms with Crippen LogP contribution in [0.25, 0.3) is 10.9 Å². The fourth-order valence-electron chi connectivity index (χ4n) is 2.12. The van der Waals surface area contributed by atoms with Gasteiger partial charge in [-0.15, -0.1) is 0 Å². The van der Waals surface area contributed by atoms with Crippen molar-refractivity contribution in [2.45, 2.75) is 33.2 Å². The Morgan fingerprint density at radius 1 is 1.22 bits per heavy atom. The Bertz CT molecular complexity index is 536. The Kier molecular flexibility index (Phi) is 3.65. The van der Waals surface area contributed by atoms with Crippen molar-refractivity contribution in [3.63, 3.8) is 0 Å². The number of rotatable bonds is 4. The Morgan fingerprint density at radius 2 is 1.94 bits per heavy atom. The van der Waals surface area contributed by atoms with Gasteiger partial charge in [-0.25, -0.2) is 4.98 Å². The summed E-state index contributed by atoms with van der Waals surface area (Å²) in [5, 5.41) is 4.50. The molecule has 4 heteroatoms. The number of nitrogens with two attached hydrogens (primary N) is 1. The number of aromatic nitrogens is 2. The van der Waals surface area contributed by atoms with Gasteiger partial charge in [0.1, 0.15) is 5.82 Å². The number of fused-ring (bicyclic) bond motifs is 1. The summed E-state index contributed by atoms with van der Waals surface area (Å²) in [5.41, 5.74) is 6.64. The van der Waals surface area contributed by atoms with Gasteiger partial charge >= 0.3 is 0 Å². The van der Waals surface area contributed by atoms with Gasteiger partial charge in [0.2, 0.25) is 5.95 Å². The van der Waals surface area contributed by atoms with Crippen LogP contribution in [0.4, 0.5) is 11.8 Å². The summed E-state index contributed by atoms with van der Waals surface area (Å²) in [6.45, 7) is 6.58. The van der Waals surface area contributed by atoms with Crippen molar-refractivity contribution in [2.75, 3.05) is 11.1 Å². The summed E-state index contributed by atoms with van der Waals surface area (Å²) < 4.78 is 0. The van der Waals surface area contributed by atoms with Crippen LogP contribution in [0.2, 0.25) is 0 Å². The van der Waals surface area contributed by atoms with Gasteiger partial charge in [-0.05, 0) is 24.5 Å². The monoisotopic (exact) mass is 244 g/mol. The maximum Gasteiger partial charge on any atom is 0.222 e. The second-order valence-corrected chi connectivity index (χ2v) is 4.85. The Morgan fingerprint density at radius 3 is 2.61 bits per heavy atom. The van der Waals surface area contributed by atoms with Gasteiger partial charge in [-0.3, -0.25) is 0 Å². The summed E-state index contributed by atoms with van der Waals surface area (Å²) in [4.78, 5) is 8.57. The van der Waals surface area contributed by atoms with Crippen LogP contribution in [-0.2, 0) is 0 Å². The SMILES string of the molecule is CCC(Nc1nc(N)nc2ccccc12)C(C)C. The minimum absolute atomic E-state index is 0.315. The first kappa shape index (κ1) is 12.6. The highest BCUT2D eigenvalue weighted by molar-refractivity contribution is 5.89. The lowest BCUT2D eigenvalue weighted by Gasteiger charge is -2.22. The van der Waals surface area contributed by atoms with Crippen LogP contribution in [0.15, 0.2) is 24.3 Å². The van der Waals surface area contributed by atoms with E-state index < -0.39 is 0 Å². The summed E-state index contributed by atoms with van der Waals surface area (Å²) in [7, 11) is 0. The number of nitrogens with zero attached hydrogens (tertiary/aromatic N) is 2. The molecule has 1 heterocycles. The molecular weight excluding hydrogens is 224 g/mol. The molecule has 0 saturated heterocycles. The predicted octanol–water partition coefficient (Wildman–Crippen LogP) is 3.06. The first-order valence-corrected chi connectivity index (χ1v) is 6.40. The molecule has 0 radical (unpaired) electrons. The molecule has 0 saturated carbocycles. The topological polar surface area (TPSA) is 63.8 Å². The molecule has 1 aromatic heterocycles. The third-order valence-electron chi connectivity index (χ3n) is 3.19. The summed E-state index contributed by atoms with van der Waals surface area (Å²) in [6, 6.07) is 8.31.